The van der Waals surface area contributed by atoms with E-state index in [1.54, 1.807) is 4.90 Å². The molecule has 1 aliphatic rings. The molecule has 2 aromatic carbocycles. The Morgan fingerprint density at radius 1 is 1.07 bits per heavy atom. The number of carbonyl (C=O) groups is 1. The Kier molecular flexibility index (Phi) is 7.25. The Morgan fingerprint density at radius 3 is 2.41 bits per heavy atom. The zero-order valence-electron chi connectivity index (χ0n) is 15.8. The summed E-state index contributed by atoms with van der Waals surface area (Å²) in [6, 6.07) is 20.7. The van der Waals surface area contributed by atoms with Gasteiger partial charge in [0.05, 0.1) is 25.9 Å². The lowest BCUT2D eigenvalue weighted by Crippen LogP contribution is -2.55. The van der Waals surface area contributed by atoms with Gasteiger partial charge >= 0.3 is 6.09 Å². The fourth-order valence-electron chi connectivity index (χ4n) is 3.32. The fourth-order valence-corrected chi connectivity index (χ4v) is 3.32. The van der Waals surface area contributed by atoms with Gasteiger partial charge in [0.2, 0.25) is 0 Å². The number of rotatable bonds is 7. The lowest BCUT2D eigenvalue weighted by molar-refractivity contribution is -0.0300. The van der Waals surface area contributed by atoms with E-state index in [0.717, 1.165) is 18.5 Å². The summed E-state index contributed by atoms with van der Waals surface area (Å²) in [6.07, 6.45) is 0.505. The number of piperidine rings is 1. The van der Waals surface area contributed by atoms with E-state index in [4.69, 9.17) is 9.47 Å². The molecule has 1 amide bonds. The predicted octanol–water partition coefficient (Wildman–Crippen LogP) is 3.59. The van der Waals surface area contributed by atoms with Crippen LogP contribution < -0.4 is 5.32 Å². The van der Waals surface area contributed by atoms with Crippen molar-refractivity contribution in [2.45, 2.75) is 38.6 Å². The predicted molar refractivity (Wildman–Crippen MR) is 105 cm³/mol. The number of carbonyl (C=O) groups excluding carboxylic acids is 1. The van der Waals surface area contributed by atoms with Gasteiger partial charge in [-0.2, -0.15) is 0 Å². The van der Waals surface area contributed by atoms with E-state index in [1.165, 1.54) is 5.56 Å². The van der Waals surface area contributed by atoms with Gasteiger partial charge in [-0.25, -0.2) is 4.79 Å². The van der Waals surface area contributed by atoms with Gasteiger partial charge in [0.25, 0.3) is 0 Å². The summed E-state index contributed by atoms with van der Waals surface area (Å²) in [5, 5.41) is 3.61. The Labute approximate surface area is 161 Å². The summed E-state index contributed by atoms with van der Waals surface area (Å²) in [5.74, 6) is 0. The number of nitrogens with one attached hydrogen (secondary N) is 1. The first kappa shape index (κ1) is 19.4. The molecular formula is C22H28N2O3. The molecular weight excluding hydrogens is 340 g/mol. The van der Waals surface area contributed by atoms with Gasteiger partial charge in [-0.3, -0.25) is 0 Å². The molecule has 0 aromatic heterocycles. The zero-order chi connectivity index (χ0) is 18.9. The van der Waals surface area contributed by atoms with Gasteiger partial charge in [-0.15, -0.1) is 0 Å². The standard InChI is InChI=1S/C22H28N2O3/c1-2-26-22(25)24-14-13-20(23-15-18-9-5-3-6-10-18)21(16-24)27-17-19-11-7-4-8-12-19/h3-12,20-21,23H,2,13-17H2,1H3. The zero-order valence-corrected chi connectivity index (χ0v) is 15.8. The molecule has 0 aliphatic carbocycles. The quantitative estimate of drug-likeness (QED) is 0.811. The Balaban J connectivity index is 1.61. The Hall–Kier alpha value is -2.37. The first-order chi connectivity index (χ1) is 13.3. The van der Waals surface area contributed by atoms with Gasteiger partial charge in [0, 0.05) is 19.1 Å². The van der Waals surface area contributed by atoms with Crippen LogP contribution in [0.25, 0.3) is 0 Å². The third-order valence-electron chi connectivity index (χ3n) is 4.80. The molecule has 2 aromatic rings. The molecule has 1 saturated heterocycles. The van der Waals surface area contributed by atoms with Crippen LogP contribution in [0.15, 0.2) is 60.7 Å². The van der Waals surface area contributed by atoms with E-state index in [2.05, 4.69) is 29.6 Å². The minimum Gasteiger partial charge on any atom is -0.450 e. The Bertz CT molecular complexity index is 693. The van der Waals surface area contributed by atoms with E-state index in [9.17, 15) is 4.79 Å². The van der Waals surface area contributed by atoms with Crippen LogP contribution >= 0.6 is 0 Å². The van der Waals surface area contributed by atoms with Gasteiger partial charge in [0.1, 0.15) is 0 Å². The molecule has 3 rings (SSSR count). The summed E-state index contributed by atoms with van der Waals surface area (Å²) < 4.78 is 11.4. The van der Waals surface area contributed by atoms with Crippen molar-refractivity contribution in [1.29, 1.82) is 0 Å². The van der Waals surface area contributed by atoms with E-state index >= 15 is 0 Å². The summed E-state index contributed by atoms with van der Waals surface area (Å²) in [5.41, 5.74) is 2.37. The lowest BCUT2D eigenvalue weighted by Gasteiger charge is -2.38. The maximum atomic E-state index is 12.1. The van der Waals surface area contributed by atoms with Crippen molar-refractivity contribution in [2.24, 2.45) is 0 Å². The number of amides is 1. The maximum Gasteiger partial charge on any atom is 0.409 e. The number of hydrogen-bond acceptors (Lipinski definition) is 4. The largest absolute Gasteiger partial charge is 0.450 e. The van der Waals surface area contributed by atoms with Crippen LogP contribution in [-0.2, 0) is 22.6 Å². The van der Waals surface area contributed by atoms with Crippen molar-refractivity contribution in [3.63, 3.8) is 0 Å². The maximum absolute atomic E-state index is 12.1. The highest BCUT2D eigenvalue weighted by atomic mass is 16.6. The van der Waals surface area contributed by atoms with E-state index in [0.29, 0.717) is 26.3 Å². The summed E-state index contributed by atoms with van der Waals surface area (Å²) in [4.78, 5) is 13.9. The van der Waals surface area contributed by atoms with Crippen molar-refractivity contribution in [3.05, 3.63) is 71.8 Å². The molecule has 1 aliphatic heterocycles. The van der Waals surface area contributed by atoms with Crippen molar-refractivity contribution < 1.29 is 14.3 Å². The molecule has 1 fully saturated rings. The second kappa shape index (κ2) is 10.1. The van der Waals surface area contributed by atoms with Crippen LogP contribution in [0, 0.1) is 0 Å². The SMILES string of the molecule is CCOC(=O)N1CCC(NCc2ccccc2)C(OCc2ccccc2)C1. The minimum absolute atomic E-state index is 0.0768. The lowest BCUT2D eigenvalue weighted by atomic mass is 10.0. The number of benzene rings is 2. The summed E-state index contributed by atoms with van der Waals surface area (Å²) in [7, 11) is 0. The van der Waals surface area contributed by atoms with E-state index < -0.39 is 0 Å². The fraction of sp³-hybridized carbons (Fsp3) is 0.409. The topological polar surface area (TPSA) is 50.8 Å². The third-order valence-corrected chi connectivity index (χ3v) is 4.80. The molecule has 1 heterocycles. The molecule has 0 spiro atoms. The number of likely N-dealkylation sites (tertiary alicyclic amines) is 1. The summed E-state index contributed by atoms with van der Waals surface area (Å²) in [6.45, 7) is 4.76. The second-order valence-corrected chi connectivity index (χ2v) is 6.74. The van der Waals surface area contributed by atoms with Crippen LogP contribution in [0.4, 0.5) is 4.79 Å². The molecule has 0 saturated carbocycles. The number of nitrogens with zero attached hydrogens (tertiary/aromatic N) is 1. The molecule has 5 nitrogen and oxygen atoms in total. The van der Waals surface area contributed by atoms with Gasteiger partial charge in [0.15, 0.2) is 0 Å². The van der Waals surface area contributed by atoms with Gasteiger partial charge in [-0.05, 0) is 24.5 Å². The van der Waals surface area contributed by atoms with Crippen molar-refractivity contribution >= 4 is 6.09 Å². The monoisotopic (exact) mass is 368 g/mol. The van der Waals surface area contributed by atoms with E-state index in [1.807, 2.05) is 43.3 Å². The van der Waals surface area contributed by atoms with Crippen molar-refractivity contribution in [1.82, 2.24) is 10.2 Å². The molecule has 5 heteroatoms. The average molecular weight is 368 g/mol. The van der Waals surface area contributed by atoms with Crippen molar-refractivity contribution in [2.75, 3.05) is 19.7 Å². The molecule has 2 atom stereocenters. The average Bonchev–Trinajstić information content (AvgIpc) is 2.72. The van der Waals surface area contributed by atoms with Crippen LogP contribution in [0.2, 0.25) is 0 Å². The molecule has 0 radical (unpaired) electrons. The first-order valence-electron chi connectivity index (χ1n) is 9.61. The van der Waals surface area contributed by atoms with Crippen LogP contribution in [0.3, 0.4) is 0 Å². The Morgan fingerprint density at radius 2 is 1.74 bits per heavy atom. The highest BCUT2D eigenvalue weighted by molar-refractivity contribution is 5.67. The molecule has 2 unspecified atom stereocenters. The molecule has 144 valence electrons. The second-order valence-electron chi connectivity index (χ2n) is 6.74. The molecule has 0 bridgehead atoms. The number of hydrogen-bond donors (Lipinski definition) is 1. The smallest absolute Gasteiger partial charge is 0.409 e. The van der Waals surface area contributed by atoms with Gasteiger partial charge in [-0.1, -0.05) is 60.7 Å². The van der Waals surface area contributed by atoms with Crippen LogP contribution in [0.1, 0.15) is 24.5 Å². The number of ether oxygens (including phenoxy) is 2. The third kappa shape index (κ3) is 5.81. The first-order valence-corrected chi connectivity index (χ1v) is 9.61. The van der Waals surface area contributed by atoms with Crippen LogP contribution in [-0.4, -0.2) is 42.8 Å². The summed E-state index contributed by atoms with van der Waals surface area (Å²) >= 11 is 0. The highest BCUT2D eigenvalue weighted by Crippen LogP contribution is 2.18. The highest BCUT2D eigenvalue weighted by Gasteiger charge is 2.32. The normalized spacial score (nSPS) is 19.7. The minimum atomic E-state index is -0.257. The van der Waals surface area contributed by atoms with Crippen LogP contribution in [0.5, 0.6) is 0 Å². The van der Waals surface area contributed by atoms with Gasteiger partial charge < -0.3 is 19.7 Å². The molecule has 1 N–H and O–H groups in total. The van der Waals surface area contributed by atoms with E-state index in [-0.39, 0.29) is 18.2 Å². The molecule has 27 heavy (non-hydrogen) atoms. The van der Waals surface area contributed by atoms with Crippen molar-refractivity contribution in [3.8, 4) is 0 Å².